The Kier molecular flexibility index (Phi) is 2.69. The largest absolute Gasteiger partial charge is 0.360 e. The van der Waals surface area contributed by atoms with Crippen molar-refractivity contribution in [3.05, 3.63) is 57.4 Å². The third kappa shape index (κ3) is 1.85. The Morgan fingerprint density at radius 3 is 2.89 bits per heavy atom. The number of ketones is 1. The van der Waals surface area contributed by atoms with Gasteiger partial charge in [-0.05, 0) is 42.1 Å². The first-order valence-corrected chi connectivity index (χ1v) is 6.68. The van der Waals surface area contributed by atoms with Crippen LogP contribution in [0.25, 0.3) is 10.9 Å². The molecule has 0 aliphatic heterocycles. The summed E-state index contributed by atoms with van der Waals surface area (Å²) in [5.41, 5.74) is 3.04. The van der Waals surface area contributed by atoms with Crippen LogP contribution in [0.1, 0.15) is 26.4 Å². The average molecular weight is 266 g/mol. The SMILES string of the molecule is Cc1ccsc1C(=O)c1c[nH]c2ccc(C#N)cc12. The molecule has 19 heavy (non-hydrogen) atoms. The van der Waals surface area contributed by atoms with Gasteiger partial charge in [-0.1, -0.05) is 0 Å². The molecule has 2 aromatic heterocycles. The van der Waals surface area contributed by atoms with Crippen molar-refractivity contribution in [2.75, 3.05) is 0 Å². The first-order valence-electron chi connectivity index (χ1n) is 5.80. The van der Waals surface area contributed by atoms with E-state index in [2.05, 4.69) is 11.1 Å². The molecule has 3 rings (SSSR count). The summed E-state index contributed by atoms with van der Waals surface area (Å²) in [4.78, 5) is 16.3. The topological polar surface area (TPSA) is 56.6 Å². The molecule has 0 aliphatic carbocycles. The first kappa shape index (κ1) is 11.7. The number of H-pyrrole nitrogens is 1. The minimum absolute atomic E-state index is 0.00818. The predicted octanol–water partition coefficient (Wildman–Crippen LogP) is 3.64. The smallest absolute Gasteiger partial charge is 0.205 e. The lowest BCUT2D eigenvalue weighted by Gasteiger charge is -1.98. The van der Waals surface area contributed by atoms with E-state index in [9.17, 15) is 4.79 Å². The van der Waals surface area contributed by atoms with Crippen LogP contribution in [-0.4, -0.2) is 10.8 Å². The summed E-state index contributed by atoms with van der Waals surface area (Å²) in [6, 6.07) is 9.35. The summed E-state index contributed by atoms with van der Waals surface area (Å²) >= 11 is 1.45. The van der Waals surface area contributed by atoms with E-state index in [-0.39, 0.29) is 5.78 Å². The number of nitrogens with zero attached hydrogens (tertiary/aromatic N) is 1. The number of aromatic nitrogens is 1. The first-order chi connectivity index (χ1) is 9.20. The molecular weight excluding hydrogens is 256 g/mol. The Balaban J connectivity index is 2.18. The van der Waals surface area contributed by atoms with E-state index < -0.39 is 0 Å². The van der Waals surface area contributed by atoms with E-state index in [1.807, 2.05) is 24.4 Å². The maximum absolute atomic E-state index is 12.5. The normalized spacial score (nSPS) is 10.5. The van der Waals surface area contributed by atoms with Crippen LogP contribution in [0, 0.1) is 18.3 Å². The molecule has 92 valence electrons. The number of hydrogen-bond acceptors (Lipinski definition) is 3. The van der Waals surface area contributed by atoms with Gasteiger partial charge in [0.2, 0.25) is 5.78 Å². The molecular formula is C15H10N2OS. The lowest BCUT2D eigenvalue weighted by Crippen LogP contribution is -1.99. The van der Waals surface area contributed by atoms with E-state index in [0.717, 1.165) is 21.3 Å². The summed E-state index contributed by atoms with van der Waals surface area (Å²) in [6.45, 7) is 1.93. The number of rotatable bonds is 2. The molecule has 0 saturated carbocycles. The number of carbonyl (C=O) groups is 1. The molecule has 4 heteroatoms. The van der Waals surface area contributed by atoms with Crippen molar-refractivity contribution in [1.29, 1.82) is 5.26 Å². The molecule has 0 fully saturated rings. The highest BCUT2D eigenvalue weighted by molar-refractivity contribution is 7.12. The molecule has 1 aromatic carbocycles. The van der Waals surface area contributed by atoms with Crippen LogP contribution >= 0.6 is 11.3 Å². The molecule has 0 aliphatic rings. The van der Waals surface area contributed by atoms with E-state index in [0.29, 0.717) is 11.1 Å². The summed E-state index contributed by atoms with van der Waals surface area (Å²) < 4.78 is 0. The van der Waals surface area contributed by atoms with Crippen LogP contribution in [0.4, 0.5) is 0 Å². The highest BCUT2D eigenvalue weighted by atomic mass is 32.1. The van der Waals surface area contributed by atoms with Crippen molar-refractivity contribution < 1.29 is 4.79 Å². The number of thiophene rings is 1. The van der Waals surface area contributed by atoms with Crippen molar-refractivity contribution in [3.8, 4) is 6.07 Å². The number of nitrogens with one attached hydrogen (secondary N) is 1. The van der Waals surface area contributed by atoms with Gasteiger partial charge >= 0.3 is 0 Å². The van der Waals surface area contributed by atoms with Crippen molar-refractivity contribution in [1.82, 2.24) is 4.98 Å². The monoisotopic (exact) mass is 266 g/mol. The van der Waals surface area contributed by atoms with Crippen LogP contribution in [0.5, 0.6) is 0 Å². The number of fused-ring (bicyclic) bond motifs is 1. The van der Waals surface area contributed by atoms with Gasteiger partial charge in [-0.25, -0.2) is 0 Å². The maximum Gasteiger partial charge on any atom is 0.205 e. The quantitative estimate of drug-likeness (QED) is 0.720. The van der Waals surface area contributed by atoms with Gasteiger partial charge in [-0.15, -0.1) is 11.3 Å². The third-order valence-electron chi connectivity index (χ3n) is 3.12. The summed E-state index contributed by atoms with van der Waals surface area (Å²) in [6.07, 6.45) is 1.72. The molecule has 0 radical (unpaired) electrons. The lowest BCUT2D eigenvalue weighted by molar-refractivity contribution is 0.104. The molecule has 0 saturated heterocycles. The summed E-state index contributed by atoms with van der Waals surface area (Å²) in [5.74, 6) is 0.00818. The Bertz CT molecular complexity index is 820. The lowest BCUT2D eigenvalue weighted by atomic mass is 10.0. The Labute approximate surface area is 114 Å². The average Bonchev–Trinajstić information content (AvgIpc) is 3.03. The zero-order valence-corrected chi connectivity index (χ0v) is 11.0. The molecule has 2 heterocycles. The third-order valence-corrected chi connectivity index (χ3v) is 4.14. The predicted molar refractivity (Wildman–Crippen MR) is 75.5 cm³/mol. The van der Waals surface area contributed by atoms with Gasteiger partial charge < -0.3 is 4.98 Å². The van der Waals surface area contributed by atoms with E-state index in [1.54, 1.807) is 18.3 Å². The highest BCUT2D eigenvalue weighted by Gasteiger charge is 2.17. The van der Waals surface area contributed by atoms with Crippen molar-refractivity contribution in [3.63, 3.8) is 0 Å². The van der Waals surface area contributed by atoms with Gasteiger partial charge in [0.15, 0.2) is 0 Å². The van der Waals surface area contributed by atoms with Gasteiger partial charge in [0.25, 0.3) is 0 Å². The minimum atomic E-state index is 0.00818. The zero-order valence-electron chi connectivity index (χ0n) is 10.2. The van der Waals surface area contributed by atoms with Crippen LogP contribution in [0.15, 0.2) is 35.8 Å². The second-order valence-corrected chi connectivity index (χ2v) is 5.25. The van der Waals surface area contributed by atoms with Crippen molar-refractivity contribution >= 4 is 28.0 Å². The Hall–Kier alpha value is -2.38. The molecule has 0 bridgehead atoms. The van der Waals surface area contributed by atoms with Crippen LogP contribution in [-0.2, 0) is 0 Å². The van der Waals surface area contributed by atoms with Gasteiger partial charge in [0, 0.05) is 22.7 Å². The fourth-order valence-electron chi connectivity index (χ4n) is 2.11. The number of nitriles is 1. The fraction of sp³-hybridized carbons (Fsp3) is 0.0667. The second kappa shape index (κ2) is 4.38. The van der Waals surface area contributed by atoms with Crippen LogP contribution < -0.4 is 0 Å². The molecule has 0 spiro atoms. The molecule has 0 amide bonds. The van der Waals surface area contributed by atoms with E-state index in [4.69, 9.17) is 5.26 Å². The summed E-state index contributed by atoms with van der Waals surface area (Å²) in [5, 5.41) is 11.7. The number of carbonyl (C=O) groups excluding carboxylic acids is 1. The standard InChI is InChI=1S/C15H10N2OS/c1-9-4-5-19-15(9)14(18)12-8-17-13-3-2-10(7-16)6-11(12)13/h2-6,8,17H,1H3. The fourth-order valence-corrected chi connectivity index (χ4v) is 2.98. The van der Waals surface area contributed by atoms with Crippen LogP contribution in [0.3, 0.4) is 0 Å². The Morgan fingerprint density at radius 2 is 2.21 bits per heavy atom. The molecule has 0 unspecified atom stereocenters. The van der Waals surface area contributed by atoms with Crippen molar-refractivity contribution in [2.24, 2.45) is 0 Å². The Morgan fingerprint density at radius 1 is 1.37 bits per heavy atom. The summed E-state index contributed by atoms with van der Waals surface area (Å²) in [7, 11) is 0. The molecule has 3 nitrogen and oxygen atoms in total. The molecule has 0 atom stereocenters. The number of benzene rings is 1. The van der Waals surface area contributed by atoms with Gasteiger partial charge in [-0.3, -0.25) is 4.79 Å². The molecule has 3 aromatic rings. The van der Waals surface area contributed by atoms with Crippen LogP contribution in [0.2, 0.25) is 0 Å². The van der Waals surface area contributed by atoms with Gasteiger partial charge in [-0.2, -0.15) is 5.26 Å². The van der Waals surface area contributed by atoms with Crippen molar-refractivity contribution in [2.45, 2.75) is 6.92 Å². The number of aryl methyl sites for hydroxylation is 1. The van der Waals surface area contributed by atoms with E-state index >= 15 is 0 Å². The molecule has 1 N–H and O–H groups in total. The maximum atomic E-state index is 12.5. The highest BCUT2D eigenvalue weighted by Crippen LogP contribution is 2.25. The minimum Gasteiger partial charge on any atom is -0.360 e. The number of aromatic amines is 1. The van der Waals surface area contributed by atoms with Gasteiger partial charge in [0.05, 0.1) is 16.5 Å². The van der Waals surface area contributed by atoms with Gasteiger partial charge in [0.1, 0.15) is 0 Å². The zero-order chi connectivity index (χ0) is 13.4. The van der Waals surface area contributed by atoms with E-state index in [1.165, 1.54) is 11.3 Å². The number of hydrogen-bond donors (Lipinski definition) is 1. The second-order valence-electron chi connectivity index (χ2n) is 4.34.